The monoisotopic (exact) mass is 592 g/mol. The third kappa shape index (κ3) is 4.70. The summed E-state index contributed by atoms with van der Waals surface area (Å²) in [6.45, 7) is 0. The molecule has 3 unspecified atom stereocenters. The van der Waals surface area contributed by atoms with E-state index in [1.165, 1.54) is 0 Å². The Morgan fingerprint density at radius 2 is 1.69 bits per heavy atom. The Kier molecular flexibility index (Phi) is 7.54. The number of aliphatic hydroxyl groups excluding tert-OH is 2. The number of nitrogens with two attached hydrogens (primary N) is 1. The number of aliphatic hydroxyl groups is 2. The van der Waals surface area contributed by atoms with E-state index in [-0.39, 0.29) is 29.7 Å². The number of ketones is 2. The van der Waals surface area contributed by atoms with Crippen LogP contribution >= 0.6 is 11.8 Å². The van der Waals surface area contributed by atoms with Gasteiger partial charge in [0.25, 0.3) is 11.1 Å². The van der Waals surface area contributed by atoms with E-state index >= 15 is 0 Å². The van der Waals surface area contributed by atoms with Crippen LogP contribution in [0.1, 0.15) is 22.3 Å². The number of benzene rings is 2. The SMILES string of the molecule is CN(C)c1cc(NC(=O)Sc2ccccc2)c(O)c2c1CC1CC3C(C(=O)C(C(N)=O)=C(O)[C@H]3N(C)C)C(O)=C1C2=O. The van der Waals surface area contributed by atoms with E-state index in [9.17, 15) is 34.5 Å². The van der Waals surface area contributed by atoms with E-state index in [1.807, 2.05) is 6.07 Å². The second kappa shape index (κ2) is 10.8. The molecule has 2 aromatic rings. The first-order valence-electron chi connectivity index (χ1n) is 13.3. The van der Waals surface area contributed by atoms with E-state index < -0.39 is 69.3 Å². The number of carbonyl (C=O) groups excluding carboxylic acids is 4. The predicted octanol–water partition coefficient (Wildman–Crippen LogP) is 3.40. The molecule has 0 aliphatic heterocycles. The number of hydrogen-bond donors (Lipinski definition) is 5. The highest BCUT2D eigenvalue weighted by atomic mass is 32.2. The lowest BCUT2D eigenvalue weighted by molar-refractivity contribution is -0.127. The van der Waals surface area contributed by atoms with Crippen molar-refractivity contribution in [2.24, 2.45) is 23.5 Å². The van der Waals surface area contributed by atoms with Crippen LogP contribution in [-0.2, 0) is 16.0 Å². The average Bonchev–Trinajstić information content (AvgIpc) is 2.89. The van der Waals surface area contributed by atoms with Crippen LogP contribution in [0, 0.1) is 17.8 Å². The largest absolute Gasteiger partial charge is 0.511 e. The van der Waals surface area contributed by atoms with Gasteiger partial charge in [-0.25, -0.2) is 0 Å². The van der Waals surface area contributed by atoms with Gasteiger partial charge >= 0.3 is 0 Å². The Hall–Kier alpha value is -4.29. The summed E-state index contributed by atoms with van der Waals surface area (Å²) in [5, 5.41) is 35.9. The standard InChI is InChI=1S/C30H32N4O7S/c1-33(2)18-12-17(32-30(41)42-14-8-6-5-7-9-14)24(35)20-15(18)10-13-11-16-21(26(37)19(13)25(20)36)27(38)22(29(31)40)28(39)23(16)34(3)4/h5-9,12-13,16,21,23,35,37,39H,10-11H2,1-4H3,(H2,31,40)(H,32,41)/t13?,16?,21?,23-/m0/s1. The maximum Gasteiger partial charge on any atom is 0.288 e. The minimum absolute atomic E-state index is 0.0248. The highest BCUT2D eigenvalue weighted by molar-refractivity contribution is 8.13. The molecule has 4 atom stereocenters. The third-order valence-electron chi connectivity index (χ3n) is 8.22. The minimum Gasteiger partial charge on any atom is -0.511 e. The van der Waals surface area contributed by atoms with Crippen molar-refractivity contribution in [2.75, 3.05) is 38.4 Å². The van der Waals surface area contributed by atoms with Crippen LogP contribution in [0.25, 0.3) is 0 Å². The summed E-state index contributed by atoms with van der Waals surface area (Å²) in [6.07, 6.45) is 0.499. The number of fused-ring (bicyclic) bond motifs is 3. The number of primary amides is 1. The molecule has 220 valence electrons. The summed E-state index contributed by atoms with van der Waals surface area (Å²) in [5.74, 6) is -6.45. The number of phenolic OH excluding ortho intramolecular Hbond substituents is 1. The smallest absolute Gasteiger partial charge is 0.288 e. The van der Waals surface area contributed by atoms with Crippen molar-refractivity contribution in [3.05, 3.63) is 70.2 Å². The highest BCUT2D eigenvalue weighted by Gasteiger charge is 2.54. The average molecular weight is 593 g/mol. The molecule has 3 aliphatic rings. The van der Waals surface area contributed by atoms with Crippen molar-refractivity contribution in [3.8, 4) is 5.75 Å². The first kappa shape index (κ1) is 29.2. The number of nitrogens with one attached hydrogen (secondary N) is 1. The fourth-order valence-electron chi connectivity index (χ4n) is 6.54. The topological polar surface area (TPSA) is 174 Å². The molecule has 0 fully saturated rings. The minimum atomic E-state index is -1.27. The Bertz CT molecular complexity index is 1580. The molecule has 0 aromatic heterocycles. The van der Waals surface area contributed by atoms with Crippen LogP contribution in [0.15, 0.2) is 64.0 Å². The van der Waals surface area contributed by atoms with Crippen molar-refractivity contribution in [3.63, 3.8) is 0 Å². The molecule has 5 rings (SSSR count). The van der Waals surface area contributed by atoms with Gasteiger partial charge in [0, 0.05) is 30.3 Å². The van der Waals surface area contributed by atoms with Gasteiger partial charge < -0.3 is 31.3 Å². The van der Waals surface area contributed by atoms with Crippen LogP contribution in [0.5, 0.6) is 5.75 Å². The lowest BCUT2D eigenvalue weighted by Gasteiger charge is -2.46. The fraction of sp³-hybridized carbons (Fsp3) is 0.333. The van der Waals surface area contributed by atoms with Crippen LogP contribution in [0.2, 0.25) is 0 Å². The van der Waals surface area contributed by atoms with E-state index in [0.29, 0.717) is 16.1 Å². The summed E-state index contributed by atoms with van der Waals surface area (Å²) < 4.78 is 0. The van der Waals surface area contributed by atoms with Gasteiger partial charge in [0.15, 0.2) is 17.3 Å². The van der Waals surface area contributed by atoms with Crippen molar-refractivity contribution in [1.82, 2.24) is 4.90 Å². The van der Waals surface area contributed by atoms with Gasteiger partial charge in [-0.15, -0.1) is 0 Å². The Balaban J connectivity index is 1.60. The molecule has 2 aromatic carbocycles. The summed E-state index contributed by atoms with van der Waals surface area (Å²) in [6, 6.07) is 9.75. The normalized spacial score (nSPS) is 23.4. The second-order valence-electron chi connectivity index (χ2n) is 11.2. The third-order valence-corrected chi connectivity index (χ3v) is 9.01. The van der Waals surface area contributed by atoms with E-state index in [2.05, 4.69) is 5.32 Å². The Morgan fingerprint density at radius 1 is 1.02 bits per heavy atom. The van der Waals surface area contributed by atoms with Gasteiger partial charge in [-0.2, -0.15) is 0 Å². The maximum atomic E-state index is 14.1. The summed E-state index contributed by atoms with van der Waals surface area (Å²) in [5.41, 5.74) is 5.90. The molecule has 0 radical (unpaired) electrons. The fourth-order valence-corrected chi connectivity index (χ4v) is 7.21. The van der Waals surface area contributed by atoms with Gasteiger partial charge in [-0.05, 0) is 74.3 Å². The first-order chi connectivity index (χ1) is 19.8. The number of amides is 2. The van der Waals surface area contributed by atoms with E-state index in [0.717, 1.165) is 11.8 Å². The number of thioether (sulfide) groups is 1. The van der Waals surface area contributed by atoms with Gasteiger partial charge in [-0.3, -0.25) is 24.1 Å². The number of likely N-dealkylation sites (N-methyl/N-ethyl adjacent to an activating group) is 1. The Morgan fingerprint density at radius 3 is 2.29 bits per heavy atom. The Labute approximate surface area is 246 Å². The molecule has 0 spiro atoms. The van der Waals surface area contributed by atoms with Crippen LogP contribution in [0.3, 0.4) is 0 Å². The van der Waals surface area contributed by atoms with Crippen molar-refractivity contribution in [2.45, 2.75) is 23.8 Å². The highest BCUT2D eigenvalue weighted by Crippen LogP contribution is 2.52. The summed E-state index contributed by atoms with van der Waals surface area (Å²) in [4.78, 5) is 56.6. The van der Waals surface area contributed by atoms with Crippen molar-refractivity contribution < 1.29 is 34.5 Å². The number of rotatable bonds is 5. The van der Waals surface area contributed by atoms with Crippen molar-refractivity contribution >= 4 is 45.8 Å². The number of Topliss-reactive ketones (excluding diaryl/α,β-unsaturated/α-hetero) is 2. The van der Waals surface area contributed by atoms with Crippen LogP contribution < -0.4 is 16.0 Å². The maximum absolute atomic E-state index is 14.1. The molecule has 0 bridgehead atoms. The number of allylic oxidation sites excluding steroid dienone is 2. The zero-order chi connectivity index (χ0) is 30.6. The zero-order valence-corrected chi connectivity index (χ0v) is 24.4. The summed E-state index contributed by atoms with van der Waals surface area (Å²) in [7, 11) is 6.91. The van der Waals surface area contributed by atoms with Gasteiger partial charge in [-0.1, -0.05) is 18.2 Å². The number of aromatic hydroxyl groups is 1. The molecule has 11 nitrogen and oxygen atoms in total. The van der Waals surface area contributed by atoms with Gasteiger partial charge in [0.05, 0.1) is 23.2 Å². The quantitative estimate of drug-likeness (QED) is 0.197. The molecule has 2 amide bonds. The molecular formula is C30H32N4O7S. The number of nitrogens with zero attached hydrogens (tertiary/aromatic N) is 2. The van der Waals surface area contributed by atoms with Crippen LogP contribution in [-0.4, -0.2) is 77.2 Å². The molecule has 3 aliphatic carbocycles. The zero-order valence-electron chi connectivity index (χ0n) is 23.5. The lowest BCUT2D eigenvalue weighted by Crippen LogP contribution is -2.53. The molecular weight excluding hydrogens is 560 g/mol. The lowest BCUT2D eigenvalue weighted by atomic mass is 9.61. The molecule has 6 N–H and O–H groups in total. The number of hydrogen-bond acceptors (Lipinski definition) is 10. The number of anilines is 2. The second-order valence-corrected chi connectivity index (χ2v) is 12.2. The predicted molar refractivity (Wildman–Crippen MR) is 158 cm³/mol. The van der Waals surface area contributed by atoms with Gasteiger partial charge in [0.1, 0.15) is 17.1 Å². The molecule has 0 heterocycles. The molecule has 0 saturated heterocycles. The number of phenols is 1. The number of carbonyl (C=O) groups is 4. The molecule has 0 saturated carbocycles. The molecule has 42 heavy (non-hydrogen) atoms. The summed E-state index contributed by atoms with van der Waals surface area (Å²) >= 11 is 0.923. The first-order valence-corrected chi connectivity index (χ1v) is 14.2. The van der Waals surface area contributed by atoms with Gasteiger partial charge in [0.2, 0.25) is 0 Å². The molecule has 12 heteroatoms. The van der Waals surface area contributed by atoms with E-state index in [4.69, 9.17) is 5.73 Å². The van der Waals surface area contributed by atoms with Crippen molar-refractivity contribution in [1.29, 1.82) is 0 Å². The van der Waals surface area contributed by atoms with Crippen LogP contribution in [0.4, 0.5) is 16.2 Å². The van der Waals surface area contributed by atoms with E-state index in [1.54, 1.807) is 68.3 Å².